The highest BCUT2D eigenvalue weighted by Crippen LogP contribution is 2.65. The Bertz CT molecular complexity index is 401. The molecule has 1 aliphatic carbocycles. The van der Waals surface area contributed by atoms with Crippen molar-refractivity contribution in [3.8, 4) is 5.75 Å². The minimum absolute atomic E-state index is 0.0764. The zero-order valence-electron chi connectivity index (χ0n) is 8.92. The molecule has 3 heteroatoms. The maximum absolute atomic E-state index is 9.89. The molecule has 1 fully saturated rings. The summed E-state index contributed by atoms with van der Waals surface area (Å²) in [6.07, 6.45) is 0.922. The van der Waals surface area contributed by atoms with Crippen molar-refractivity contribution < 1.29 is 10.2 Å². The zero-order chi connectivity index (χ0) is 11.3. The fourth-order valence-corrected chi connectivity index (χ4v) is 2.78. The van der Waals surface area contributed by atoms with Crippen LogP contribution in [-0.4, -0.2) is 16.8 Å². The SMILES string of the molecule is CC1(C)CC1(CO)c1ccc(Br)cc1O. The highest BCUT2D eigenvalue weighted by atomic mass is 79.9. The Morgan fingerprint density at radius 1 is 1.40 bits per heavy atom. The number of aromatic hydroxyl groups is 1. The normalized spacial score (nSPS) is 27.7. The number of hydrogen-bond donors (Lipinski definition) is 2. The molecule has 0 bridgehead atoms. The van der Waals surface area contributed by atoms with Crippen LogP contribution in [0.4, 0.5) is 0 Å². The second kappa shape index (κ2) is 3.22. The summed E-state index contributed by atoms with van der Waals surface area (Å²) in [5, 5.41) is 19.4. The van der Waals surface area contributed by atoms with Crippen molar-refractivity contribution in [2.45, 2.75) is 25.7 Å². The fraction of sp³-hybridized carbons (Fsp3) is 0.500. The number of phenolic OH excluding ortho intramolecular Hbond substituents is 1. The van der Waals surface area contributed by atoms with Crippen LogP contribution in [0.2, 0.25) is 0 Å². The van der Waals surface area contributed by atoms with Gasteiger partial charge in [-0.1, -0.05) is 35.8 Å². The first-order valence-electron chi connectivity index (χ1n) is 5.03. The lowest BCUT2D eigenvalue weighted by Gasteiger charge is -2.19. The van der Waals surface area contributed by atoms with Crippen molar-refractivity contribution in [3.05, 3.63) is 28.2 Å². The summed E-state index contributed by atoms with van der Waals surface area (Å²) in [6, 6.07) is 5.48. The van der Waals surface area contributed by atoms with Crippen molar-refractivity contribution in [3.63, 3.8) is 0 Å². The van der Waals surface area contributed by atoms with Gasteiger partial charge in [0.15, 0.2) is 0 Å². The van der Waals surface area contributed by atoms with Crippen LogP contribution >= 0.6 is 15.9 Å². The number of aliphatic hydroxyl groups is 1. The number of hydrogen-bond acceptors (Lipinski definition) is 2. The van der Waals surface area contributed by atoms with Crippen molar-refractivity contribution >= 4 is 15.9 Å². The molecule has 1 aliphatic rings. The molecule has 0 aromatic heterocycles. The first-order valence-corrected chi connectivity index (χ1v) is 5.82. The average Bonchev–Trinajstić information content (AvgIpc) is 2.69. The van der Waals surface area contributed by atoms with E-state index in [-0.39, 0.29) is 23.2 Å². The first kappa shape index (κ1) is 11.0. The molecule has 0 amide bonds. The molecular formula is C12H15BrO2. The number of aliphatic hydroxyl groups excluding tert-OH is 1. The van der Waals surface area contributed by atoms with Crippen molar-refractivity contribution in [1.29, 1.82) is 0 Å². The summed E-state index contributed by atoms with van der Waals surface area (Å²) in [5.41, 5.74) is 0.684. The van der Waals surface area contributed by atoms with Crippen molar-refractivity contribution in [2.24, 2.45) is 5.41 Å². The molecular weight excluding hydrogens is 256 g/mol. The monoisotopic (exact) mass is 270 g/mol. The summed E-state index contributed by atoms with van der Waals surface area (Å²) in [6.45, 7) is 4.32. The van der Waals surface area contributed by atoms with Crippen LogP contribution in [0.3, 0.4) is 0 Å². The van der Waals surface area contributed by atoms with Gasteiger partial charge in [-0.3, -0.25) is 0 Å². The summed E-state index contributed by atoms with van der Waals surface area (Å²) in [5.74, 6) is 0.268. The number of benzene rings is 1. The molecule has 1 aromatic rings. The smallest absolute Gasteiger partial charge is 0.120 e. The van der Waals surface area contributed by atoms with E-state index >= 15 is 0 Å². The molecule has 1 unspecified atom stereocenters. The van der Waals surface area contributed by atoms with Crippen molar-refractivity contribution in [1.82, 2.24) is 0 Å². The van der Waals surface area contributed by atoms with E-state index in [0.29, 0.717) is 0 Å². The van der Waals surface area contributed by atoms with E-state index in [1.807, 2.05) is 12.1 Å². The highest BCUT2D eigenvalue weighted by molar-refractivity contribution is 9.10. The molecule has 2 rings (SSSR count). The number of rotatable bonds is 2. The molecule has 0 radical (unpaired) electrons. The average molecular weight is 271 g/mol. The summed E-state index contributed by atoms with van der Waals surface area (Å²) in [7, 11) is 0. The molecule has 2 nitrogen and oxygen atoms in total. The van der Waals surface area contributed by atoms with Gasteiger partial charge in [-0.2, -0.15) is 0 Å². The third kappa shape index (κ3) is 1.49. The minimum atomic E-state index is -0.252. The lowest BCUT2D eigenvalue weighted by molar-refractivity contribution is 0.228. The second-order valence-corrected chi connectivity index (χ2v) is 5.88. The lowest BCUT2D eigenvalue weighted by atomic mass is 9.88. The van der Waals surface area contributed by atoms with Crippen LogP contribution < -0.4 is 0 Å². The van der Waals surface area contributed by atoms with E-state index in [0.717, 1.165) is 16.5 Å². The van der Waals surface area contributed by atoms with Gasteiger partial charge in [0.05, 0.1) is 6.61 Å². The van der Waals surface area contributed by atoms with E-state index in [9.17, 15) is 10.2 Å². The van der Waals surface area contributed by atoms with Gasteiger partial charge in [0.25, 0.3) is 0 Å². The van der Waals surface area contributed by atoms with E-state index in [4.69, 9.17) is 0 Å². The Labute approximate surface area is 98.1 Å². The van der Waals surface area contributed by atoms with Gasteiger partial charge in [-0.05, 0) is 24.0 Å². The van der Waals surface area contributed by atoms with Gasteiger partial charge in [0.1, 0.15) is 5.75 Å². The predicted molar refractivity (Wildman–Crippen MR) is 63.0 cm³/mol. The highest BCUT2D eigenvalue weighted by Gasteiger charge is 2.62. The van der Waals surface area contributed by atoms with Crippen LogP contribution in [0.5, 0.6) is 5.75 Å². The summed E-state index contributed by atoms with van der Waals surface area (Å²) in [4.78, 5) is 0. The van der Waals surface area contributed by atoms with Gasteiger partial charge < -0.3 is 10.2 Å². The molecule has 82 valence electrons. The Morgan fingerprint density at radius 3 is 2.40 bits per heavy atom. The van der Waals surface area contributed by atoms with Crippen LogP contribution in [0, 0.1) is 5.41 Å². The van der Waals surface area contributed by atoms with Gasteiger partial charge in [0, 0.05) is 15.5 Å². The van der Waals surface area contributed by atoms with Gasteiger partial charge >= 0.3 is 0 Å². The molecule has 0 heterocycles. The maximum Gasteiger partial charge on any atom is 0.120 e. The predicted octanol–water partition coefficient (Wildman–Crippen LogP) is 2.81. The standard InChI is InChI=1S/C12H15BrO2/c1-11(2)6-12(11,7-14)9-4-3-8(13)5-10(9)15/h3-5,14-15H,6-7H2,1-2H3. The van der Waals surface area contributed by atoms with Crippen LogP contribution in [0.25, 0.3) is 0 Å². The summed E-state index contributed by atoms with van der Waals surface area (Å²) >= 11 is 3.31. The fourth-order valence-electron chi connectivity index (χ4n) is 2.43. The lowest BCUT2D eigenvalue weighted by Crippen LogP contribution is -2.19. The third-order valence-corrected chi connectivity index (χ3v) is 4.15. The van der Waals surface area contributed by atoms with Gasteiger partial charge in [-0.15, -0.1) is 0 Å². The molecule has 0 aliphatic heterocycles. The maximum atomic E-state index is 9.89. The second-order valence-electron chi connectivity index (χ2n) is 4.96. The molecule has 15 heavy (non-hydrogen) atoms. The molecule has 1 saturated carbocycles. The molecule has 2 N–H and O–H groups in total. The van der Waals surface area contributed by atoms with E-state index in [1.54, 1.807) is 6.07 Å². The molecule has 0 saturated heterocycles. The third-order valence-electron chi connectivity index (χ3n) is 3.66. The van der Waals surface area contributed by atoms with Crippen LogP contribution in [0.1, 0.15) is 25.8 Å². The van der Waals surface area contributed by atoms with E-state index < -0.39 is 0 Å². The zero-order valence-corrected chi connectivity index (χ0v) is 10.5. The van der Waals surface area contributed by atoms with Crippen LogP contribution in [0.15, 0.2) is 22.7 Å². The molecule has 1 aromatic carbocycles. The Kier molecular flexibility index (Phi) is 2.36. The Hall–Kier alpha value is -0.540. The van der Waals surface area contributed by atoms with E-state index in [1.165, 1.54) is 0 Å². The topological polar surface area (TPSA) is 40.5 Å². The van der Waals surface area contributed by atoms with Crippen molar-refractivity contribution in [2.75, 3.05) is 6.61 Å². The molecule has 0 spiro atoms. The largest absolute Gasteiger partial charge is 0.508 e. The van der Waals surface area contributed by atoms with E-state index in [2.05, 4.69) is 29.8 Å². The number of halogens is 1. The molecule has 1 atom stereocenters. The quantitative estimate of drug-likeness (QED) is 0.868. The Morgan fingerprint density at radius 2 is 2.00 bits per heavy atom. The van der Waals surface area contributed by atoms with Crippen LogP contribution in [-0.2, 0) is 5.41 Å². The summed E-state index contributed by atoms with van der Waals surface area (Å²) < 4.78 is 0.857. The number of phenols is 1. The van der Waals surface area contributed by atoms with Gasteiger partial charge in [0.2, 0.25) is 0 Å². The Balaban J connectivity index is 2.46. The minimum Gasteiger partial charge on any atom is -0.508 e. The van der Waals surface area contributed by atoms with Gasteiger partial charge in [-0.25, -0.2) is 0 Å². The first-order chi connectivity index (χ1) is 6.93.